The van der Waals surface area contributed by atoms with Crippen molar-refractivity contribution in [2.75, 3.05) is 0 Å². The van der Waals surface area contributed by atoms with Gasteiger partial charge in [0.15, 0.2) is 5.16 Å². The van der Waals surface area contributed by atoms with Crippen LogP contribution in [0.15, 0.2) is 75.1 Å². The summed E-state index contributed by atoms with van der Waals surface area (Å²) in [5.41, 5.74) is 2.58. The van der Waals surface area contributed by atoms with Crippen molar-refractivity contribution in [1.82, 2.24) is 14.7 Å². The number of para-hydroxylation sites is 1. The molecule has 0 radical (unpaired) electrons. The Morgan fingerprint density at radius 3 is 2.62 bits per heavy atom. The Labute approximate surface area is 154 Å². The first kappa shape index (κ1) is 16.6. The number of hydrogen-bond acceptors (Lipinski definition) is 5. The molecule has 0 fully saturated rings. The Hall–Kier alpha value is -2.86. The van der Waals surface area contributed by atoms with Gasteiger partial charge in [0.2, 0.25) is 0 Å². The van der Waals surface area contributed by atoms with E-state index < -0.39 is 0 Å². The zero-order chi connectivity index (χ0) is 17.9. The van der Waals surface area contributed by atoms with Crippen LogP contribution in [-0.2, 0) is 12.3 Å². The van der Waals surface area contributed by atoms with E-state index in [-0.39, 0.29) is 5.56 Å². The average Bonchev–Trinajstić information content (AvgIpc) is 3.09. The van der Waals surface area contributed by atoms with Gasteiger partial charge in [0.1, 0.15) is 5.76 Å². The van der Waals surface area contributed by atoms with Crippen LogP contribution in [0.25, 0.3) is 10.9 Å². The summed E-state index contributed by atoms with van der Waals surface area (Å²) in [6.45, 7) is 2.37. The number of hydrogen-bond donors (Lipinski definition) is 0. The van der Waals surface area contributed by atoms with E-state index in [1.54, 1.807) is 4.57 Å². The standard InChI is InChI=1S/C20H17N3O2S/c1-14-11-16(25-22-14)13-26-20-21-18-10-6-5-9-17(18)19(24)23(20)12-15-7-3-2-4-8-15/h2-11H,12-13H2,1H3. The molecule has 0 amide bonds. The van der Waals surface area contributed by atoms with Crippen LogP contribution >= 0.6 is 11.8 Å². The van der Waals surface area contributed by atoms with Crippen molar-refractivity contribution < 1.29 is 4.52 Å². The molecule has 26 heavy (non-hydrogen) atoms. The normalized spacial score (nSPS) is 11.1. The molecule has 0 spiro atoms. The molecule has 0 atom stereocenters. The van der Waals surface area contributed by atoms with E-state index in [2.05, 4.69) is 5.16 Å². The number of fused-ring (bicyclic) bond motifs is 1. The molecule has 0 saturated heterocycles. The molecule has 2 aromatic carbocycles. The van der Waals surface area contributed by atoms with Crippen molar-refractivity contribution in [3.05, 3.63) is 88.0 Å². The maximum Gasteiger partial charge on any atom is 0.262 e. The highest BCUT2D eigenvalue weighted by molar-refractivity contribution is 7.98. The summed E-state index contributed by atoms with van der Waals surface area (Å²) in [7, 11) is 0. The van der Waals surface area contributed by atoms with Gasteiger partial charge in [-0.25, -0.2) is 4.98 Å². The number of rotatable bonds is 5. The topological polar surface area (TPSA) is 60.9 Å². The van der Waals surface area contributed by atoms with Crippen LogP contribution in [0.4, 0.5) is 0 Å². The lowest BCUT2D eigenvalue weighted by Crippen LogP contribution is -2.24. The molecule has 0 aliphatic carbocycles. The lowest BCUT2D eigenvalue weighted by molar-refractivity contribution is 0.391. The summed E-state index contributed by atoms with van der Waals surface area (Å²) in [4.78, 5) is 17.8. The molecule has 2 heterocycles. The fourth-order valence-electron chi connectivity index (χ4n) is 2.78. The van der Waals surface area contributed by atoms with E-state index >= 15 is 0 Å². The van der Waals surface area contributed by atoms with Crippen molar-refractivity contribution in [3.63, 3.8) is 0 Å². The Morgan fingerprint density at radius 2 is 1.85 bits per heavy atom. The maximum atomic E-state index is 13.0. The van der Waals surface area contributed by atoms with Gasteiger partial charge < -0.3 is 4.52 Å². The predicted molar refractivity (Wildman–Crippen MR) is 102 cm³/mol. The minimum Gasteiger partial charge on any atom is -0.360 e. The first-order chi connectivity index (χ1) is 12.7. The Kier molecular flexibility index (Phi) is 4.58. The van der Waals surface area contributed by atoms with E-state index in [9.17, 15) is 4.79 Å². The summed E-state index contributed by atoms with van der Waals surface area (Å²) >= 11 is 1.48. The van der Waals surface area contributed by atoms with Crippen LogP contribution in [0.1, 0.15) is 17.0 Å². The number of nitrogens with zero attached hydrogens (tertiary/aromatic N) is 3. The van der Waals surface area contributed by atoms with Crippen LogP contribution in [0, 0.1) is 6.92 Å². The van der Waals surface area contributed by atoms with Crippen LogP contribution < -0.4 is 5.56 Å². The zero-order valence-corrected chi connectivity index (χ0v) is 15.1. The van der Waals surface area contributed by atoms with Crippen LogP contribution in [-0.4, -0.2) is 14.7 Å². The van der Waals surface area contributed by atoms with E-state index in [0.717, 1.165) is 17.0 Å². The smallest absolute Gasteiger partial charge is 0.262 e. The monoisotopic (exact) mass is 363 g/mol. The number of aryl methyl sites for hydroxylation is 1. The Bertz CT molecular complexity index is 1100. The summed E-state index contributed by atoms with van der Waals surface area (Å²) in [6, 6.07) is 19.3. The van der Waals surface area contributed by atoms with Gasteiger partial charge in [-0.15, -0.1) is 0 Å². The molecule has 0 aliphatic heterocycles. The van der Waals surface area contributed by atoms with Gasteiger partial charge in [0.05, 0.1) is 28.9 Å². The second-order valence-electron chi connectivity index (χ2n) is 6.01. The lowest BCUT2D eigenvalue weighted by Gasteiger charge is -2.12. The van der Waals surface area contributed by atoms with Gasteiger partial charge in [-0.05, 0) is 24.6 Å². The van der Waals surface area contributed by atoms with E-state index in [1.807, 2.05) is 67.6 Å². The minimum atomic E-state index is -0.0318. The van der Waals surface area contributed by atoms with Gasteiger partial charge in [-0.3, -0.25) is 9.36 Å². The molecule has 5 nitrogen and oxygen atoms in total. The van der Waals surface area contributed by atoms with Gasteiger partial charge >= 0.3 is 0 Å². The zero-order valence-electron chi connectivity index (χ0n) is 14.3. The molecule has 0 bridgehead atoms. The first-order valence-electron chi connectivity index (χ1n) is 8.29. The van der Waals surface area contributed by atoms with E-state index in [1.165, 1.54) is 11.8 Å². The van der Waals surface area contributed by atoms with Crippen molar-refractivity contribution in [2.24, 2.45) is 0 Å². The molecule has 130 valence electrons. The molecule has 4 aromatic rings. The van der Waals surface area contributed by atoms with Crippen molar-refractivity contribution in [3.8, 4) is 0 Å². The second-order valence-corrected chi connectivity index (χ2v) is 6.95. The van der Waals surface area contributed by atoms with E-state index in [0.29, 0.717) is 28.4 Å². The lowest BCUT2D eigenvalue weighted by atomic mass is 10.2. The van der Waals surface area contributed by atoms with Crippen LogP contribution in [0.2, 0.25) is 0 Å². The predicted octanol–water partition coefficient (Wildman–Crippen LogP) is 4.03. The molecule has 0 unspecified atom stereocenters. The minimum absolute atomic E-state index is 0.0318. The summed E-state index contributed by atoms with van der Waals surface area (Å²) < 4.78 is 7.00. The SMILES string of the molecule is Cc1cc(CSc2nc3ccccc3c(=O)n2Cc2ccccc2)on1. The largest absolute Gasteiger partial charge is 0.360 e. The highest BCUT2D eigenvalue weighted by Crippen LogP contribution is 2.23. The number of aromatic nitrogens is 3. The van der Waals surface area contributed by atoms with Crippen molar-refractivity contribution in [1.29, 1.82) is 0 Å². The van der Waals surface area contributed by atoms with Gasteiger partial charge in [0, 0.05) is 6.07 Å². The molecular formula is C20H17N3O2S. The molecule has 4 rings (SSSR count). The van der Waals surface area contributed by atoms with Gasteiger partial charge in [-0.1, -0.05) is 59.4 Å². The average molecular weight is 363 g/mol. The fourth-order valence-corrected chi connectivity index (χ4v) is 3.66. The number of benzene rings is 2. The van der Waals surface area contributed by atoms with Crippen LogP contribution in [0.3, 0.4) is 0 Å². The third-order valence-corrected chi connectivity index (χ3v) is 5.03. The maximum absolute atomic E-state index is 13.0. The third kappa shape index (κ3) is 3.41. The van der Waals surface area contributed by atoms with Crippen LogP contribution in [0.5, 0.6) is 0 Å². The second kappa shape index (κ2) is 7.17. The molecule has 0 aliphatic rings. The summed E-state index contributed by atoms with van der Waals surface area (Å²) in [5, 5.41) is 5.21. The van der Waals surface area contributed by atoms with Gasteiger partial charge in [-0.2, -0.15) is 0 Å². The highest BCUT2D eigenvalue weighted by atomic mass is 32.2. The summed E-state index contributed by atoms with van der Waals surface area (Å²) in [5.74, 6) is 1.33. The highest BCUT2D eigenvalue weighted by Gasteiger charge is 2.13. The number of thioether (sulfide) groups is 1. The first-order valence-corrected chi connectivity index (χ1v) is 9.28. The molecular weight excluding hydrogens is 346 g/mol. The quantitative estimate of drug-likeness (QED) is 0.396. The summed E-state index contributed by atoms with van der Waals surface area (Å²) in [6.07, 6.45) is 0. The van der Waals surface area contributed by atoms with Crippen molar-refractivity contribution >= 4 is 22.7 Å². The fraction of sp³-hybridized carbons (Fsp3) is 0.150. The van der Waals surface area contributed by atoms with Gasteiger partial charge in [0.25, 0.3) is 5.56 Å². The Balaban J connectivity index is 1.75. The molecule has 2 aromatic heterocycles. The third-order valence-electron chi connectivity index (χ3n) is 4.03. The van der Waals surface area contributed by atoms with E-state index in [4.69, 9.17) is 9.51 Å². The Morgan fingerprint density at radius 1 is 1.08 bits per heavy atom. The van der Waals surface area contributed by atoms with Crippen molar-refractivity contribution in [2.45, 2.75) is 24.4 Å². The molecule has 0 N–H and O–H groups in total. The molecule has 6 heteroatoms. The molecule has 0 saturated carbocycles.